The summed E-state index contributed by atoms with van der Waals surface area (Å²) in [5, 5.41) is -0.171. The van der Waals surface area contributed by atoms with E-state index in [9.17, 15) is 4.79 Å². The molecule has 0 aromatic heterocycles. The summed E-state index contributed by atoms with van der Waals surface area (Å²) in [5.41, 5.74) is 0. The van der Waals surface area contributed by atoms with Gasteiger partial charge >= 0.3 is 0 Å². The van der Waals surface area contributed by atoms with Gasteiger partial charge in [-0.3, -0.25) is 4.79 Å². The van der Waals surface area contributed by atoms with Crippen LogP contribution in [0.5, 0.6) is 0 Å². The molecule has 1 nitrogen and oxygen atoms in total. The summed E-state index contributed by atoms with van der Waals surface area (Å²) in [7, 11) is 0. The molecule has 0 N–H and O–H groups in total. The Hall–Kier alpha value is -0.240. The molecule has 0 radical (unpaired) electrons. The maximum atomic E-state index is 10.2. The van der Waals surface area contributed by atoms with Gasteiger partial charge in [-0.2, -0.15) is 0 Å². The Labute approximate surface area is 61.6 Å². The second-order valence-electron chi connectivity index (χ2n) is 2.08. The molecule has 0 bridgehead atoms. The third-order valence-corrected chi connectivity index (χ3v) is 1.36. The standard InChI is InChI=1S/C7H12OS/c1-3-6(2)4-5-7(8)9/h4-6H,3H2,1-2H3,(H,8,9)/b5-4+. The van der Waals surface area contributed by atoms with E-state index in [4.69, 9.17) is 0 Å². The average molecular weight is 144 g/mol. The maximum Gasteiger partial charge on any atom is 0.208 e. The highest BCUT2D eigenvalue weighted by molar-refractivity contribution is 7.97. The average Bonchev–Trinajstić information content (AvgIpc) is 1.83. The fourth-order valence-corrected chi connectivity index (χ4v) is 0.469. The van der Waals surface area contributed by atoms with Gasteiger partial charge in [-0.15, -0.1) is 12.6 Å². The highest BCUT2D eigenvalue weighted by Crippen LogP contribution is 2.01. The Bertz CT molecular complexity index is 118. The van der Waals surface area contributed by atoms with E-state index in [-0.39, 0.29) is 5.12 Å². The predicted molar refractivity (Wildman–Crippen MR) is 42.6 cm³/mol. The molecule has 0 heterocycles. The topological polar surface area (TPSA) is 17.1 Å². The molecule has 0 aromatic carbocycles. The van der Waals surface area contributed by atoms with Gasteiger partial charge in [0.1, 0.15) is 0 Å². The number of thiol groups is 1. The summed E-state index contributed by atoms with van der Waals surface area (Å²) < 4.78 is 0. The van der Waals surface area contributed by atoms with E-state index < -0.39 is 0 Å². The molecule has 2 heteroatoms. The Morgan fingerprint density at radius 3 is 2.67 bits per heavy atom. The van der Waals surface area contributed by atoms with Gasteiger partial charge in [0.15, 0.2) is 0 Å². The summed E-state index contributed by atoms with van der Waals surface area (Å²) in [6.45, 7) is 4.14. The SMILES string of the molecule is CCC(C)/C=C/C(=O)S. The first kappa shape index (κ1) is 8.76. The van der Waals surface area contributed by atoms with Crippen LogP contribution in [0.1, 0.15) is 20.3 Å². The van der Waals surface area contributed by atoms with Crippen LogP contribution in [-0.4, -0.2) is 5.12 Å². The molecule has 0 rings (SSSR count). The smallest absolute Gasteiger partial charge is 0.208 e. The lowest BCUT2D eigenvalue weighted by Gasteiger charge is -1.96. The molecule has 0 amide bonds. The van der Waals surface area contributed by atoms with Crippen LogP contribution in [0.3, 0.4) is 0 Å². The molecule has 9 heavy (non-hydrogen) atoms. The Morgan fingerprint density at radius 2 is 2.33 bits per heavy atom. The van der Waals surface area contributed by atoms with Gasteiger partial charge < -0.3 is 0 Å². The summed E-state index contributed by atoms with van der Waals surface area (Å²) in [5.74, 6) is 0.487. The zero-order chi connectivity index (χ0) is 7.28. The fraction of sp³-hybridized carbons (Fsp3) is 0.571. The summed E-state index contributed by atoms with van der Waals surface area (Å²) in [4.78, 5) is 10.2. The van der Waals surface area contributed by atoms with Crippen LogP contribution < -0.4 is 0 Å². The van der Waals surface area contributed by atoms with Gasteiger partial charge in [-0.05, 0) is 12.0 Å². The molecule has 0 aliphatic heterocycles. The molecule has 52 valence electrons. The van der Waals surface area contributed by atoms with Crippen molar-refractivity contribution in [2.45, 2.75) is 20.3 Å². The molecule has 0 aromatic rings. The van der Waals surface area contributed by atoms with Crippen molar-refractivity contribution in [3.63, 3.8) is 0 Å². The molecule has 0 spiro atoms. The number of rotatable bonds is 3. The predicted octanol–water partition coefficient (Wildman–Crippen LogP) is 2.05. The molecule has 0 saturated carbocycles. The number of carbonyl (C=O) groups excluding carboxylic acids is 1. The van der Waals surface area contributed by atoms with Crippen molar-refractivity contribution in [3.05, 3.63) is 12.2 Å². The van der Waals surface area contributed by atoms with Crippen LogP contribution in [0, 0.1) is 5.92 Å². The molecule has 0 aliphatic carbocycles. The van der Waals surface area contributed by atoms with E-state index in [1.807, 2.05) is 6.08 Å². The van der Waals surface area contributed by atoms with Gasteiger partial charge in [0, 0.05) is 0 Å². The molecular formula is C7H12OS. The Balaban J connectivity index is 3.56. The van der Waals surface area contributed by atoms with Crippen molar-refractivity contribution in [1.29, 1.82) is 0 Å². The van der Waals surface area contributed by atoms with Gasteiger partial charge in [0.05, 0.1) is 0 Å². The van der Waals surface area contributed by atoms with Gasteiger partial charge in [-0.25, -0.2) is 0 Å². The van der Waals surface area contributed by atoms with Crippen molar-refractivity contribution >= 4 is 17.7 Å². The van der Waals surface area contributed by atoms with Crippen molar-refractivity contribution in [2.75, 3.05) is 0 Å². The lowest BCUT2D eigenvalue weighted by molar-refractivity contribution is -0.106. The molecule has 0 fully saturated rings. The first-order chi connectivity index (χ1) is 4.16. The molecule has 1 unspecified atom stereocenters. The highest BCUT2D eigenvalue weighted by atomic mass is 32.1. The Morgan fingerprint density at radius 1 is 1.78 bits per heavy atom. The van der Waals surface area contributed by atoms with E-state index >= 15 is 0 Å². The highest BCUT2D eigenvalue weighted by Gasteiger charge is 1.90. The normalized spacial score (nSPS) is 14.1. The van der Waals surface area contributed by atoms with Gasteiger partial charge in [0.2, 0.25) is 5.12 Å². The van der Waals surface area contributed by atoms with Crippen molar-refractivity contribution in [2.24, 2.45) is 5.92 Å². The number of allylic oxidation sites excluding steroid dienone is 1. The zero-order valence-corrected chi connectivity index (χ0v) is 6.69. The minimum atomic E-state index is -0.171. The lowest BCUT2D eigenvalue weighted by Crippen LogP contribution is -1.86. The molecular weight excluding hydrogens is 132 g/mol. The first-order valence-electron chi connectivity index (χ1n) is 3.08. The first-order valence-corrected chi connectivity index (χ1v) is 3.52. The Kier molecular flexibility index (Phi) is 4.50. The summed E-state index contributed by atoms with van der Waals surface area (Å²) >= 11 is 3.59. The van der Waals surface area contributed by atoms with Crippen LogP contribution in [0.15, 0.2) is 12.2 Å². The second-order valence-corrected chi connectivity index (χ2v) is 2.52. The van der Waals surface area contributed by atoms with E-state index in [0.717, 1.165) is 6.42 Å². The lowest BCUT2D eigenvalue weighted by atomic mass is 10.1. The maximum absolute atomic E-state index is 10.2. The van der Waals surface area contributed by atoms with Crippen molar-refractivity contribution in [1.82, 2.24) is 0 Å². The van der Waals surface area contributed by atoms with Crippen LogP contribution in [0.4, 0.5) is 0 Å². The zero-order valence-electron chi connectivity index (χ0n) is 5.79. The molecule has 1 atom stereocenters. The molecule has 0 saturated heterocycles. The third kappa shape index (κ3) is 5.63. The van der Waals surface area contributed by atoms with E-state index in [1.54, 1.807) is 0 Å². The monoisotopic (exact) mass is 144 g/mol. The number of hydrogen-bond donors (Lipinski definition) is 1. The number of hydrogen-bond acceptors (Lipinski definition) is 1. The minimum Gasteiger partial charge on any atom is -0.283 e. The van der Waals surface area contributed by atoms with Crippen LogP contribution in [0.25, 0.3) is 0 Å². The van der Waals surface area contributed by atoms with Crippen molar-refractivity contribution in [3.8, 4) is 0 Å². The minimum absolute atomic E-state index is 0.171. The summed E-state index contributed by atoms with van der Waals surface area (Å²) in [6, 6.07) is 0. The second kappa shape index (κ2) is 4.62. The van der Waals surface area contributed by atoms with Crippen LogP contribution in [0.2, 0.25) is 0 Å². The van der Waals surface area contributed by atoms with Crippen molar-refractivity contribution < 1.29 is 4.79 Å². The van der Waals surface area contributed by atoms with E-state index in [0.29, 0.717) is 5.92 Å². The largest absolute Gasteiger partial charge is 0.283 e. The quantitative estimate of drug-likeness (QED) is 0.474. The van der Waals surface area contributed by atoms with E-state index in [1.165, 1.54) is 6.08 Å². The fourth-order valence-electron chi connectivity index (χ4n) is 0.383. The molecule has 0 aliphatic rings. The van der Waals surface area contributed by atoms with E-state index in [2.05, 4.69) is 26.5 Å². The van der Waals surface area contributed by atoms with Crippen LogP contribution >= 0.6 is 12.6 Å². The third-order valence-electron chi connectivity index (χ3n) is 1.21. The number of carbonyl (C=O) groups is 1. The summed E-state index contributed by atoms with van der Waals surface area (Å²) in [6.07, 6.45) is 4.43. The van der Waals surface area contributed by atoms with Crippen LogP contribution in [-0.2, 0) is 4.79 Å². The van der Waals surface area contributed by atoms with Gasteiger partial charge in [0.25, 0.3) is 0 Å². The van der Waals surface area contributed by atoms with Gasteiger partial charge in [-0.1, -0.05) is 26.3 Å².